The van der Waals surface area contributed by atoms with E-state index in [0.717, 1.165) is 0 Å². The molecule has 5 amide bonds. The summed E-state index contributed by atoms with van der Waals surface area (Å²) in [5.41, 5.74) is 5.72. The topological polar surface area (TPSA) is 172 Å². The molecule has 3 unspecified atom stereocenters. The highest BCUT2D eigenvalue weighted by Gasteiger charge is 2.37. The number of amides is 5. The number of ether oxygens (including phenoxy) is 1. The summed E-state index contributed by atoms with van der Waals surface area (Å²) >= 11 is 8.86. The van der Waals surface area contributed by atoms with Gasteiger partial charge in [-0.3, -0.25) is 9.59 Å². The molecular formula is C20H25BrClN5O6. The van der Waals surface area contributed by atoms with Crippen molar-refractivity contribution in [1.82, 2.24) is 16.0 Å². The van der Waals surface area contributed by atoms with E-state index in [-0.39, 0.29) is 37.4 Å². The molecule has 11 nitrogen and oxygen atoms in total. The number of primary amides is 1. The Bertz CT molecular complexity index is 915. The third kappa shape index (κ3) is 8.56. The zero-order valence-corrected chi connectivity index (χ0v) is 19.8. The lowest BCUT2D eigenvalue weighted by molar-refractivity contribution is -0.119. The number of urea groups is 1. The van der Waals surface area contributed by atoms with Gasteiger partial charge in [0.25, 0.3) is 0 Å². The van der Waals surface area contributed by atoms with E-state index in [2.05, 4.69) is 37.2 Å². The van der Waals surface area contributed by atoms with Crippen LogP contribution in [0.4, 0.5) is 15.3 Å². The number of halogens is 2. The maximum Gasteiger partial charge on any atom is 0.407 e. The van der Waals surface area contributed by atoms with Gasteiger partial charge in [-0.05, 0) is 28.1 Å². The average molecular weight is 547 g/mol. The first-order valence-electron chi connectivity index (χ1n) is 9.99. The van der Waals surface area contributed by atoms with Crippen LogP contribution in [0, 0.1) is 0 Å². The van der Waals surface area contributed by atoms with Gasteiger partial charge in [0, 0.05) is 41.9 Å². The summed E-state index contributed by atoms with van der Waals surface area (Å²) in [7, 11) is 0. The minimum absolute atomic E-state index is 0.0103. The second kappa shape index (κ2) is 13.0. The van der Waals surface area contributed by atoms with Crippen LogP contribution >= 0.6 is 27.5 Å². The molecule has 2 rings (SSSR count). The Morgan fingerprint density at radius 1 is 1.18 bits per heavy atom. The summed E-state index contributed by atoms with van der Waals surface area (Å²) in [5, 5.41) is 20.8. The van der Waals surface area contributed by atoms with E-state index in [0.29, 0.717) is 10.2 Å². The summed E-state index contributed by atoms with van der Waals surface area (Å²) in [6, 6.07) is 5.21. The molecule has 0 bridgehead atoms. The number of aliphatic hydroxyl groups excluding tert-OH is 1. The van der Waals surface area contributed by atoms with E-state index in [1.54, 1.807) is 24.3 Å². The number of alkyl carbamates (subject to hydrolysis) is 1. The summed E-state index contributed by atoms with van der Waals surface area (Å²) in [6.45, 7) is 0.159. The SMILES string of the molecule is NC(=O)CCNC(=O)C1=CC(NC(=O)Nc2ccccc2Br)C(O)C(OC(=O)NCCCl)C1. The molecule has 0 saturated heterocycles. The maximum atomic E-state index is 12.5. The van der Waals surface area contributed by atoms with Crippen molar-refractivity contribution in [3.8, 4) is 0 Å². The fraction of sp³-hybridized carbons (Fsp3) is 0.400. The van der Waals surface area contributed by atoms with Gasteiger partial charge in [0.1, 0.15) is 12.2 Å². The number of alkyl halides is 1. The minimum Gasteiger partial charge on any atom is -0.443 e. The largest absolute Gasteiger partial charge is 0.443 e. The Balaban J connectivity index is 2.14. The third-order valence-electron chi connectivity index (χ3n) is 4.54. The van der Waals surface area contributed by atoms with Crippen LogP contribution in [0.15, 0.2) is 40.4 Å². The normalized spacial score (nSPS) is 19.6. The molecule has 0 fully saturated rings. The van der Waals surface area contributed by atoms with E-state index in [1.807, 2.05) is 0 Å². The monoisotopic (exact) mass is 545 g/mol. The van der Waals surface area contributed by atoms with Crippen molar-refractivity contribution in [2.24, 2.45) is 5.73 Å². The zero-order chi connectivity index (χ0) is 24.4. The van der Waals surface area contributed by atoms with Gasteiger partial charge in [-0.2, -0.15) is 0 Å². The Hall–Kier alpha value is -2.83. The molecule has 0 heterocycles. The number of hydrogen-bond donors (Lipinski definition) is 6. The molecule has 0 spiro atoms. The van der Waals surface area contributed by atoms with Crippen molar-refractivity contribution < 1.29 is 29.0 Å². The Morgan fingerprint density at radius 2 is 1.91 bits per heavy atom. The smallest absolute Gasteiger partial charge is 0.407 e. The second-order valence-electron chi connectivity index (χ2n) is 7.02. The number of nitrogens with one attached hydrogen (secondary N) is 4. The molecule has 33 heavy (non-hydrogen) atoms. The van der Waals surface area contributed by atoms with Crippen molar-refractivity contribution in [2.75, 3.05) is 24.3 Å². The van der Waals surface area contributed by atoms with Crippen LogP contribution in [0.2, 0.25) is 0 Å². The van der Waals surface area contributed by atoms with Gasteiger partial charge >= 0.3 is 12.1 Å². The molecule has 1 aromatic rings. The second-order valence-corrected chi connectivity index (χ2v) is 8.25. The quantitative estimate of drug-likeness (QED) is 0.252. The first-order chi connectivity index (χ1) is 15.7. The van der Waals surface area contributed by atoms with E-state index >= 15 is 0 Å². The van der Waals surface area contributed by atoms with Crippen LogP contribution in [0.5, 0.6) is 0 Å². The van der Waals surface area contributed by atoms with Crippen LogP contribution in [0.25, 0.3) is 0 Å². The molecule has 1 aromatic carbocycles. The molecule has 1 aliphatic rings. The Kier molecular flexibility index (Phi) is 10.4. The average Bonchev–Trinajstić information content (AvgIpc) is 2.76. The molecule has 0 aliphatic heterocycles. The fourth-order valence-corrected chi connectivity index (χ4v) is 3.45. The predicted molar refractivity (Wildman–Crippen MR) is 125 cm³/mol. The van der Waals surface area contributed by atoms with Crippen molar-refractivity contribution in [2.45, 2.75) is 31.1 Å². The highest BCUT2D eigenvalue weighted by molar-refractivity contribution is 9.10. The number of hydrogen-bond acceptors (Lipinski definition) is 6. The molecule has 1 aliphatic carbocycles. The first kappa shape index (κ1) is 26.4. The first-order valence-corrected chi connectivity index (χ1v) is 11.3. The molecule has 7 N–H and O–H groups in total. The zero-order valence-electron chi connectivity index (χ0n) is 17.5. The highest BCUT2D eigenvalue weighted by atomic mass is 79.9. The molecule has 13 heteroatoms. The third-order valence-corrected chi connectivity index (χ3v) is 5.42. The molecule has 3 atom stereocenters. The Labute approximate surface area is 203 Å². The fourth-order valence-electron chi connectivity index (χ4n) is 2.97. The van der Waals surface area contributed by atoms with Crippen LogP contribution in [0.1, 0.15) is 12.8 Å². The molecular weight excluding hydrogens is 522 g/mol. The predicted octanol–water partition coefficient (Wildman–Crippen LogP) is 0.955. The van der Waals surface area contributed by atoms with Crippen LogP contribution in [0.3, 0.4) is 0 Å². The number of nitrogens with two attached hydrogens (primary N) is 1. The number of rotatable bonds is 9. The van der Waals surface area contributed by atoms with E-state index in [9.17, 15) is 24.3 Å². The van der Waals surface area contributed by atoms with Crippen LogP contribution in [-0.2, 0) is 14.3 Å². The van der Waals surface area contributed by atoms with E-state index in [1.165, 1.54) is 6.08 Å². The van der Waals surface area contributed by atoms with Crippen LogP contribution < -0.4 is 27.0 Å². The maximum absolute atomic E-state index is 12.5. The number of anilines is 1. The summed E-state index contributed by atoms with van der Waals surface area (Å²) in [5.74, 6) is -0.963. The lowest BCUT2D eigenvalue weighted by Gasteiger charge is -2.33. The number of carbonyl (C=O) groups excluding carboxylic acids is 4. The summed E-state index contributed by atoms with van der Waals surface area (Å²) in [4.78, 5) is 47.9. The molecule has 0 aromatic heterocycles. The number of carbonyl (C=O) groups is 4. The van der Waals surface area contributed by atoms with Gasteiger partial charge in [0.2, 0.25) is 11.8 Å². The van der Waals surface area contributed by atoms with Crippen molar-refractivity contribution in [3.05, 3.63) is 40.4 Å². The van der Waals surface area contributed by atoms with Gasteiger partial charge in [-0.1, -0.05) is 18.2 Å². The van der Waals surface area contributed by atoms with Crippen LogP contribution in [-0.4, -0.2) is 66.3 Å². The summed E-state index contributed by atoms with van der Waals surface area (Å²) < 4.78 is 5.89. The van der Waals surface area contributed by atoms with Gasteiger partial charge in [0.15, 0.2) is 0 Å². The van der Waals surface area contributed by atoms with E-state index < -0.39 is 42.2 Å². The van der Waals surface area contributed by atoms with Gasteiger partial charge < -0.3 is 36.8 Å². The van der Waals surface area contributed by atoms with E-state index in [4.69, 9.17) is 22.1 Å². The molecule has 180 valence electrons. The van der Waals surface area contributed by atoms with Crippen molar-refractivity contribution >= 4 is 57.2 Å². The number of aliphatic hydroxyl groups is 1. The van der Waals surface area contributed by atoms with Crippen molar-refractivity contribution in [1.29, 1.82) is 0 Å². The Morgan fingerprint density at radius 3 is 2.58 bits per heavy atom. The molecule has 0 radical (unpaired) electrons. The van der Waals surface area contributed by atoms with Gasteiger partial charge in [-0.15, -0.1) is 11.6 Å². The highest BCUT2D eigenvalue weighted by Crippen LogP contribution is 2.24. The summed E-state index contributed by atoms with van der Waals surface area (Å²) in [6.07, 6.45) is -2.08. The number of benzene rings is 1. The lowest BCUT2D eigenvalue weighted by Crippen LogP contribution is -2.53. The number of para-hydroxylation sites is 1. The van der Waals surface area contributed by atoms with Gasteiger partial charge in [0.05, 0.1) is 11.7 Å². The van der Waals surface area contributed by atoms with Crippen molar-refractivity contribution in [3.63, 3.8) is 0 Å². The minimum atomic E-state index is -1.33. The lowest BCUT2D eigenvalue weighted by atomic mass is 9.90. The van der Waals surface area contributed by atoms with Gasteiger partial charge in [-0.25, -0.2) is 9.59 Å². The molecule has 0 saturated carbocycles. The standard InChI is InChI=1S/C20H25BrClN5O6/c21-12-3-1-2-4-13(12)26-19(31)27-14-9-11(18(30)24-7-5-16(23)28)10-15(17(14)29)33-20(32)25-8-6-22/h1-4,9,14-15,17,29H,5-8,10H2,(H2,23,28)(H,24,30)(H,25,32)(H2,26,27,31).